The Morgan fingerprint density at radius 2 is 2.56 bits per heavy atom. The quantitative estimate of drug-likeness (QED) is 0.531. The van der Waals surface area contributed by atoms with Crippen LogP contribution in [0, 0.1) is 5.92 Å². The van der Waals surface area contributed by atoms with Gasteiger partial charge in [-0.25, -0.2) is 0 Å². The van der Waals surface area contributed by atoms with E-state index in [4.69, 9.17) is 0 Å². The van der Waals surface area contributed by atoms with Crippen molar-refractivity contribution < 1.29 is 0 Å². The van der Waals surface area contributed by atoms with Gasteiger partial charge in [0.2, 0.25) is 0 Å². The van der Waals surface area contributed by atoms with E-state index in [1.807, 2.05) is 0 Å². The molecule has 0 bridgehead atoms. The van der Waals surface area contributed by atoms with E-state index in [0.717, 1.165) is 5.75 Å². The first-order valence-corrected chi connectivity index (χ1v) is 3.92. The summed E-state index contributed by atoms with van der Waals surface area (Å²) in [6.07, 6.45) is 7.85. The van der Waals surface area contributed by atoms with Crippen molar-refractivity contribution in [1.82, 2.24) is 0 Å². The third kappa shape index (κ3) is 1.90. The van der Waals surface area contributed by atoms with E-state index in [2.05, 4.69) is 37.8 Å². The lowest BCUT2D eigenvalue weighted by atomic mass is 9.99. The smallest absolute Gasteiger partial charge is 0.00317 e. The highest BCUT2D eigenvalue weighted by Gasteiger charge is 2.02. The molecule has 0 aliphatic heterocycles. The first kappa shape index (κ1) is 6.94. The Morgan fingerprint density at radius 1 is 1.78 bits per heavy atom. The molecule has 0 aromatic rings. The molecule has 0 nitrogen and oxygen atoms in total. The fourth-order valence-corrected chi connectivity index (χ4v) is 1.18. The van der Waals surface area contributed by atoms with Gasteiger partial charge in [0, 0.05) is 0 Å². The molecule has 0 aromatic carbocycles. The minimum atomic E-state index is 0.678. The van der Waals surface area contributed by atoms with Crippen LogP contribution < -0.4 is 0 Å². The zero-order chi connectivity index (χ0) is 6.69. The Bertz CT molecular complexity index is 145. The number of allylic oxidation sites excluding steroid dienone is 4. The van der Waals surface area contributed by atoms with Crippen LogP contribution in [0.25, 0.3) is 0 Å². The van der Waals surface area contributed by atoms with Crippen LogP contribution in [0.2, 0.25) is 0 Å². The van der Waals surface area contributed by atoms with Crippen LogP contribution in [0.4, 0.5) is 0 Å². The Morgan fingerprint density at radius 3 is 3.00 bits per heavy atom. The van der Waals surface area contributed by atoms with Crippen molar-refractivity contribution in [3.05, 3.63) is 23.8 Å². The van der Waals surface area contributed by atoms with E-state index >= 15 is 0 Å². The van der Waals surface area contributed by atoms with Crippen molar-refractivity contribution in [2.24, 2.45) is 5.92 Å². The molecule has 9 heavy (non-hydrogen) atoms. The van der Waals surface area contributed by atoms with Gasteiger partial charge in [-0.3, -0.25) is 0 Å². The lowest BCUT2D eigenvalue weighted by Crippen LogP contribution is -1.99. The van der Waals surface area contributed by atoms with Gasteiger partial charge in [0.05, 0.1) is 0 Å². The van der Waals surface area contributed by atoms with Crippen LogP contribution in [0.15, 0.2) is 23.8 Å². The van der Waals surface area contributed by atoms with E-state index in [9.17, 15) is 0 Å². The summed E-state index contributed by atoms with van der Waals surface area (Å²) in [5, 5.41) is 0. The molecule has 0 N–H and O–H groups in total. The van der Waals surface area contributed by atoms with Gasteiger partial charge in [0.15, 0.2) is 0 Å². The maximum Gasteiger partial charge on any atom is -0.00317 e. The second-order valence-corrected chi connectivity index (χ2v) is 2.85. The average Bonchev–Trinajstić information content (AvgIpc) is 1.90. The van der Waals surface area contributed by atoms with Gasteiger partial charge in [0.25, 0.3) is 0 Å². The van der Waals surface area contributed by atoms with Gasteiger partial charge in [-0.15, -0.1) is 0 Å². The van der Waals surface area contributed by atoms with Crippen molar-refractivity contribution >= 4 is 12.6 Å². The Hall–Kier alpha value is -0.170. The summed E-state index contributed by atoms with van der Waals surface area (Å²) in [4.78, 5) is 0. The van der Waals surface area contributed by atoms with E-state index in [-0.39, 0.29) is 0 Å². The van der Waals surface area contributed by atoms with Crippen LogP contribution in [0.5, 0.6) is 0 Å². The molecule has 0 saturated heterocycles. The van der Waals surface area contributed by atoms with E-state index in [0.29, 0.717) is 5.92 Å². The van der Waals surface area contributed by atoms with Crippen LogP contribution in [-0.2, 0) is 0 Å². The first-order valence-electron chi connectivity index (χ1n) is 3.28. The minimum absolute atomic E-state index is 0.678. The van der Waals surface area contributed by atoms with Crippen molar-refractivity contribution in [3.8, 4) is 0 Å². The van der Waals surface area contributed by atoms with Crippen molar-refractivity contribution in [2.75, 3.05) is 5.75 Å². The highest BCUT2D eigenvalue weighted by atomic mass is 32.1. The third-order valence-electron chi connectivity index (χ3n) is 1.61. The Labute approximate surface area is 62.1 Å². The highest BCUT2D eigenvalue weighted by Crippen LogP contribution is 2.16. The maximum atomic E-state index is 4.21. The molecule has 1 atom stereocenters. The predicted molar refractivity (Wildman–Crippen MR) is 44.9 cm³/mol. The largest absolute Gasteiger partial charge is 0.179 e. The molecule has 0 saturated carbocycles. The van der Waals surface area contributed by atoms with E-state index in [1.54, 1.807) is 0 Å². The van der Waals surface area contributed by atoms with E-state index in [1.165, 1.54) is 12.0 Å². The number of rotatable bonds is 1. The third-order valence-corrected chi connectivity index (χ3v) is 2.08. The molecule has 0 amide bonds. The normalized spacial score (nSPS) is 26.0. The molecule has 0 spiro atoms. The zero-order valence-corrected chi connectivity index (χ0v) is 6.57. The molecular formula is C8H12S. The van der Waals surface area contributed by atoms with Crippen molar-refractivity contribution in [1.29, 1.82) is 0 Å². The summed E-state index contributed by atoms with van der Waals surface area (Å²) >= 11 is 4.21. The van der Waals surface area contributed by atoms with Gasteiger partial charge in [-0.2, -0.15) is 12.6 Å². The molecule has 0 heterocycles. The van der Waals surface area contributed by atoms with Gasteiger partial charge in [0.1, 0.15) is 0 Å². The van der Waals surface area contributed by atoms with Crippen LogP contribution in [0.3, 0.4) is 0 Å². The molecule has 1 unspecified atom stereocenters. The molecule has 1 aliphatic carbocycles. The van der Waals surface area contributed by atoms with E-state index < -0.39 is 0 Å². The fraction of sp³-hybridized carbons (Fsp3) is 0.500. The highest BCUT2D eigenvalue weighted by molar-refractivity contribution is 7.80. The van der Waals surface area contributed by atoms with Gasteiger partial charge in [-0.05, 0) is 25.0 Å². The summed E-state index contributed by atoms with van der Waals surface area (Å²) in [5.41, 5.74) is 1.38. The summed E-state index contributed by atoms with van der Waals surface area (Å²) in [6, 6.07) is 0. The second kappa shape index (κ2) is 3.11. The summed E-state index contributed by atoms with van der Waals surface area (Å²) < 4.78 is 0. The zero-order valence-electron chi connectivity index (χ0n) is 5.67. The van der Waals surface area contributed by atoms with Gasteiger partial charge < -0.3 is 0 Å². The summed E-state index contributed by atoms with van der Waals surface area (Å²) in [6.45, 7) is 2.13. The van der Waals surface area contributed by atoms with Crippen molar-refractivity contribution in [3.63, 3.8) is 0 Å². The van der Waals surface area contributed by atoms with Crippen LogP contribution in [0.1, 0.15) is 13.3 Å². The summed E-state index contributed by atoms with van der Waals surface area (Å²) in [7, 11) is 0. The minimum Gasteiger partial charge on any atom is -0.179 e. The lowest BCUT2D eigenvalue weighted by molar-refractivity contribution is 0.745. The van der Waals surface area contributed by atoms with Gasteiger partial charge in [-0.1, -0.05) is 23.8 Å². The Kier molecular flexibility index (Phi) is 2.40. The monoisotopic (exact) mass is 140 g/mol. The van der Waals surface area contributed by atoms with Crippen LogP contribution >= 0.6 is 12.6 Å². The lowest BCUT2D eigenvalue weighted by Gasteiger charge is -2.10. The molecule has 0 aromatic heterocycles. The predicted octanol–water partition coefficient (Wildman–Crippen LogP) is 2.44. The number of hydrogen-bond donors (Lipinski definition) is 1. The molecule has 1 rings (SSSR count). The topological polar surface area (TPSA) is 0 Å². The molecule has 1 aliphatic rings. The molecule has 50 valence electrons. The SMILES string of the molecule is CC1=CCC(CS)C=C1. The van der Waals surface area contributed by atoms with Crippen LogP contribution in [-0.4, -0.2) is 5.75 Å². The molecule has 1 heteroatoms. The Balaban J connectivity index is 2.48. The van der Waals surface area contributed by atoms with Crippen molar-refractivity contribution in [2.45, 2.75) is 13.3 Å². The average molecular weight is 140 g/mol. The standard InChI is InChI=1S/C8H12S/c1-7-2-4-8(6-9)5-3-7/h2-4,8-9H,5-6H2,1H3. The first-order chi connectivity index (χ1) is 4.33. The van der Waals surface area contributed by atoms with Gasteiger partial charge >= 0.3 is 0 Å². The summed E-state index contributed by atoms with van der Waals surface area (Å²) in [5.74, 6) is 1.65. The maximum absolute atomic E-state index is 4.21. The number of hydrogen-bond acceptors (Lipinski definition) is 1. The second-order valence-electron chi connectivity index (χ2n) is 2.49. The molecule has 0 fully saturated rings. The number of thiol groups is 1. The molecule has 0 radical (unpaired) electrons. The fourth-order valence-electron chi connectivity index (χ4n) is 0.907. The molecular weight excluding hydrogens is 128 g/mol.